The minimum Gasteiger partial charge on any atom is -0.494 e. The van der Waals surface area contributed by atoms with E-state index in [-0.39, 0.29) is 13.0 Å². The predicted molar refractivity (Wildman–Crippen MR) is 88.1 cm³/mol. The molecule has 0 fully saturated rings. The summed E-state index contributed by atoms with van der Waals surface area (Å²) in [7, 11) is 0. The molecule has 0 bridgehead atoms. The van der Waals surface area contributed by atoms with Gasteiger partial charge >= 0.3 is 12.1 Å². The molecular formula is C17H25NO6. The van der Waals surface area contributed by atoms with E-state index in [1.807, 2.05) is 0 Å². The van der Waals surface area contributed by atoms with Crippen LogP contribution in [0.3, 0.4) is 0 Å². The lowest BCUT2D eigenvalue weighted by atomic mass is 10.1. The molecule has 0 aliphatic carbocycles. The standard InChI is InChI=1S/C17H25NO6/c1-17(2,3)24-16(22)18-14(15(20)21)11-12-5-7-13(8-6-12)23-10-4-9-19/h5-8,14,19H,4,9-11H2,1-3H3,(H,18,22)(H,20,21). The van der Waals surface area contributed by atoms with Crippen LogP contribution in [-0.4, -0.2) is 47.1 Å². The van der Waals surface area contributed by atoms with Gasteiger partial charge in [0.25, 0.3) is 0 Å². The van der Waals surface area contributed by atoms with Crippen LogP contribution < -0.4 is 10.1 Å². The number of carbonyl (C=O) groups excluding carboxylic acids is 1. The van der Waals surface area contributed by atoms with Gasteiger partial charge in [0.1, 0.15) is 17.4 Å². The summed E-state index contributed by atoms with van der Waals surface area (Å²) in [5.41, 5.74) is 0.0497. The lowest BCUT2D eigenvalue weighted by Gasteiger charge is -2.22. The Balaban J connectivity index is 2.62. The fraction of sp³-hybridized carbons (Fsp3) is 0.529. The van der Waals surface area contributed by atoms with Crippen LogP contribution in [0.5, 0.6) is 5.75 Å². The number of aliphatic hydroxyl groups excluding tert-OH is 1. The third-order valence-electron chi connectivity index (χ3n) is 2.92. The first-order valence-electron chi connectivity index (χ1n) is 7.76. The minimum atomic E-state index is -1.14. The van der Waals surface area contributed by atoms with Crippen molar-refractivity contribution in [2.75, 3.05) is 13.2 Å². The molecule has 0 heterocycles. The van der Waals surface area contributed by atoms with E-state index < -0.39 is 23.7 Å². The van der Waals surface area contributed by atoms with E-state index in [1.165, 1.54) is 0 Å². The van der Waals surface area contributed by atoms with Crippen molar-refractivity contribution >= 4 is 12.1 Å². The summed E-state index contributed by atoms with van der Waals surface area (Å²) in [6, 6.07) is 5.83. The number of hydrogen-bond acceptors (Lipinski definition) is 5. The molecule has 0 aliphatic rings. The first-order valence-corrected chi connectivity index (χ1v) is 7.76. The molecule has 0 aliphatic heterocycles. The molecule has 3 N–H and O–H groups in total. The second kappa shape index (κ2) is 9.12. The summed E-state index contributed by atoms with van der Waals surface area (Å²) < 4.78 is 10.5. The summed E-state index contributed by atoms with van der Waals surface area (Å²) in [5, 5.41) is 20.3. The number of aliphatic carboxylic acids is 1. The number of benzene rings is 1. The van der Waals surface area contributed by atoms with E-state index in [2.05, 4.69) is 5.32 Å². The molecular weight excluding hydrogens is 314 g/mol. The lowest BCUT2D eigenvalue weighted by Crippen LogP contribution is -2.44. The highest BCUT2D eigenvalue weighted by molar-refractivity contribution is 5.80. The zero-order valence-electron chi connectivity index (χ0n) is 14.2. The number of carbonyl (C=O) groups is 2. The highest BCUT2D eigenvalue weighted by atomic mass is 16.6. The zero-order valence-corrected chi connectivity index (χ0v) is 14.2. The zero-order chi connectivity index (χ0) is 18.2. The van der Waals surface area contributed by atoms with Gasteiger partial charge in [0, 0.05) is 19.4 Å². The van der Waals surface area contributed by atoms with Crippen LogP contribution in [-0.2, 0) is 16.0 Å². The van der Waals surface area contributed by atoms with E-state index in [0.29, 0.717) is 18.8 Å². The van der Waals surface area contributed by atoms with E-state index in [1.54, 1.807) is 45.0 Å². The molecule has 7 nitrogen and oxygen atoms in total. The van der Waals surface area contributed by atoms with E-state index in [0.717, 1.165) is 5.56 Å². The molecule has 0 radical (unpaired) electrons. The summed E-state index contributed by atoms with van der Waals surface area (Å²) in [4.78, 5) is 23.1. The number of rotatable bonds is 8. The first-order chi connectivity index (χ1) is 11.2. The van der Waals surface area contributed by atoms with Crippen molar-refractivity contribution < 1.29 is 29.3 Å². The summed E-state index contributed by atoms with van der Waals surface area (Å²) >= 11 is 0. The maximum atomic E-state index is 11.7. The molecule has 0 saturated heterocycles. The van der Waals surface area contributed by atoms with Crippen molar-refractivity contribution in [3.8, 4) is 5.75 Å². The minimum absolute atomic E-state index is 0.0642. The normalized spacial score (nSPS) is 12.3. The molecule has 134 valence electrons. The molecule has 0 aromatic heterocycles. The Bertz CT molecular complexity index is 535. The Morgan fingerprint density at radius 2 is 1.83 bits per heavy atom. The van der Waals surface area contributed by atoms with Crippen LogP contribution in [0.25, 0.3) is 0 Å². The number of nitrogens with one attached hydrogen (secondary N) is 1. The molecule has 1 atom stereocenters. The van der Waals surface area contributed by atoms with Crippen molar-refractivity contribution in [3.63, 3.8) is 0 Å². The monoisotopic (exact) mass is 339 g/mol. The third kappa shape index (κ3) is 7.82. The molecule has 7 heteroatoms. The summed E-state index contributed by atoms with van der Waals surface area (Å²) in [6.45, 7) is 5.59. The lowest BCUT2D eigenvalue weighted by molar-refractivity contribution is -0.139. The quantitative estimate of drug-likeness (QED) is 0.625. The number of alkyl carbamates (subject to hydrolysis) is 1. The predicted octanol–water partition coefficient (Wildman–Crippen LogP) is 1.97. The van der Waals surface area contributed by atoms with Crippen LogP contribution in [0, 0.1) is 0 Å². The number of aliphatic hydroxyl groups is 1. The Labute approximate surface area is 141 Å². The van der Waals surface area contributed by atoms with Gasteiger partial charge in [0.05, 0.1) is 6.61 Å². The van der Waals surface area contributed by atoms with Gasteiger partial charge in [0.2, 0.25) is 0 Å². The number of hydrogen-bond donors (Lipinski definition) is 3. The van der Waals surface area contributed by atoms with Gasteiger partial charge in [-0.05, 0) is 38.5 Å². The Morgan fingerprint density at radius 1 is 1.21 bits per heavy atom. The van der Waals surface area contributed by atoms with Gasteiger partial charge in [-0.2, -0.15) is 0 Å². The highest BCUT2D eigenvalue weighted by Crippen LogP contribution is 2.14. The Morgan fingerprint density at radius 3 is 2.33 bits per heavy atom. The summed E-state index contributed by atoms with van der Waals surface area (Å²) in [6.07, 6.45) is -0.0902. The van der Waals surface area contributed by atoms with E-state index in [4.69, 9.17) is 14.6 Å². The molecule has 1 amide bonds. The smallest absolute Gasteiger partial charge is 0.408 e. The van der Waals surface area contributed by atoms with Crippen molar-refractivity contribution in [2.24, 2.45) is 0 Å². The largest absolute Gasteiger partial charge is 0.494 e. The van der Waals surface area contributed by atoms with Crippen LogP contribution in [0.4, 0.5) is 4.79 Å². The van der Waals surface area contributed by atoms with Crippen molar-refractivity contribution in [1.29, 1.82) is 0 Å². The SMILES string of the molecule is CC(C)(C)OC(=O)NC(Cc1ccc(OCCCO)cc1)C(=O)O. The Hall–Kier alpha value is -2.28. The molecule has 1 unspecified atom stereocenters. The van der Waals surface area contributed by atoms with Crippen LogP contribution in [0.15, 0.2) is 24.3 Å². The van der Waals surface area contributed by atoms with E-state index >= 15 is 0 Å². The fourth-order valence-corrected chi connectivity index (χ4v) is 1.86. The van der Waals surface area contributed by atoms with Gasteiger partial charge in [-0.1, -0.05) is 12.1 Å². The number of carboxylic acid groups (broad SMARTS) is 1. The van der Waals surface area contributed by atoms with Crippen LogP contribution in [0.1, 0.15) is 32.8 Å². The number of ether oxygens (including phenoxy) is 2. The van der Waals surface area contributed by atoms with Gasteiger partial charge < -0.3 is 25.0 Å². The first kappa shape index (κ1) is 19.8. The molecule has 1 rings (SSSR count). The summed E-state index contributed by atoms with van der Waals surface area (Å²) in [5.74, 6) is -0.497. The van der Waals surface area contributed by atoms with Gasteiger partial charge in [-0.3, -0.25) is 0 Å². The third-order valence-corrected chi connectivity index (χ3v) is 2.92. The molecule has 1 aromatic carbocycles. The molecule has 0 saturated carbocycles. The van der Waals surface area contributed by atoms with Crippen molar-refractivity contribution in [3.05, 3.63) is 29.8 Å². The number of carboxylic acids is 1. The van der Waals surface area contributed by atoms with Crippen LogP contribution >= 0.6 is 0 Å². The Kier molecular flexibility index (Phi) is 7.51. The molecule has 24 heavy (non-hydrogen) atoms. The van der Waals surface area contributed by atoms with E-state index in [9.17, 15) is 14.7 Å². The highest BCUT2D eigenvalue weighted by Gasteiger charge is 2.24. The maximum Gasteiger partial charge on any atom is 0.408 e. The second-order valence-electron chi connectivity index (χ2n) is 6.31. The van der Waals surface area contributed by atoms with Gasteiger partial charge in [0.15, 0.2) is 0 Å². The maximum absolute atomic E-state index is 11.7. The van der Waals surface area contributed by atoms with Crippen molar-refractivity contribution in [2.45, 2.75) is 45.3 Å². The van der Waals surface area contributed by atoms with Crippen molar-refractivity contribution in [1.82, 2.24) is 5.32 Å². The second-order valence-corrected chi connectivity index (χ2v) is 6.31. The van der Waals surface area contributed by atoms with Gasteiger partial charge in [-0.15, -0.1) is 0 Å². The fourth-order valence-electron chi connectivity index (χ4n) is 1.86. The average Bonchev–Trinajstić information content (AvgIpc) is 2.46. The average molecular weight is 339 g/mol. The van der Waals surface area contributed by atoms with Crippen LogP contribution in [0.2, 0.25) is 0 Å². The molecule has 0 spiro atoms. The van der Waals surface area contributed by atoms with Gasteiger partial charge in [-0.25, -0.2) is 9.59 Å². The molecule has 1 aromatic rings. The topological polar surface area (TPSA) is 105 Å². The number of amides is 1.